The number of nitrogens with zero attached hydrogens (tertiary/aromatic N) is 3. The van der Waals surface area contributed by atoms with Crippen molar-refractivity contribution in [2.75, 3.05) is 18.2 Å². The summed E-state index contributed by atoms with van der Waals surface area (Å²) in [7, 11) is 3.33. The molecule has 0 saturated heterocycles. The maximum Gasteiger partial charge on any atom is 0.232 e. The van der Waals surface area contributed by atoms with Crippen LogP contribution >= 0.6 is 23.4 Å². The van der Waals surface area contributed by atoms with Gasteiger partial charge in [0.05, 0.1) is 19.3 Å². The normalized spacial score (nSPS) is 10.7. The average molecular weight is 445 g/mol. The van der Waals surface area contributed by atoms with Gasteiger partial charge in [-0.2, -0.15) is 0 Å². The number of carbonyl (C=O) groups excluding carboxylic acids is 2. The van der Waals surface area contributed by atoms with Gasteiger partial charge in [0.15, 0.2) is 10.9 Å². The Morgan fingerprint density at radius 3 is 2.73 bits per heavy atom. The van der Waals surface area contributed by atoms with Gasteiger partial charge in [0.2, 0.25) is 5.91 Å². The van der Waals surface area contributed by atoms with Crippen LogP contribution in [0.3, 0.4) is 0 Å². The molecule has 3 aromatic rings. The van der Waals surface area contributed by atoms with E-state index in [9.17, 15) is 9.59 Å². The molecular weight excluding hydrogens is 424 g/mol. The topological polar surface area (TPSA) is 86.1 Å². The minimum absolute atomic E-state index is 0.0440. The average Bonchev–Trinajstić information content (AvgIpc) is 3.08. The predicted molar refractivity (Wildman–Crippen MR) is 118 cm³/mol. The van der Waals surface area contributed by atoms with Gasteiger partial charge in [0.25, 0.3) is 0 Å². The second-order valence-electron chi connectivity index (χ2n) is 6.59. The number of nitrogens with one attached hydrogen (secondary N) is 1. The number of rotatable bonds is 8. The first-order valence-electron chi connectivity index (χ1n) is 9.11. The van der Waals surface area contributed by atoms with Crippen LogP contribution < -0.4 is 10.1 Å². The lowest BCUT2D eigenvalue weighted by Crippen LogP contribution is -2.17. The van der Waals surface area contributed by atoms with Crippen molar-refractivity contribution in [3.8, 4) is 5.75 Å². The van der Waals surface area contributed by atoms with E-state index in [-0.39, 0.29) is 23.9 Å². The van der Waals surface area contributed by atoms with Crippen LogP contribution in [0.1, 0.15) is 21.7 Å². The number of Topliss-reactive ketones (excluding diaryl/α,β-unsaturated/α-hetero) is 1. The summed E-state index contributed by atoms with van der Waals surface area (Å²) in [5.41, 5.74) is 2.13. The minimum Gasteiger partial charge on any atom is -0.497 e. The smallest absolute Gasteiger partial charge is 0.232 e. The van der Waals surface area contributed by atoms with Crippen LogP contribution in [0, 0.1) is 6.92 Å². The number of benzene rings is 2. The summed E-state index contributed by atoms with van der Waals surface area (Å²) in [6.45, 7) is 1.89. The third-order valence-corrected chi connectivity index (χ3v) is 5.85. The molecule has 0 aliphatic carbocycles. The highest BCUT2D eigenvalue weighted by molar-refractivity contribution is 7.99. The van der Waals surface area contributed by atoms with Crippen molar-refractivity contribution < 1.29 is 14.3 Å². The Bertz CT molecular complexity index is 1080. The van der Waals surface area contributed by atoms with Crippen LogP contribution in [0.15, 0.2) is 47.6 Å². The van der Waals surface area contributed by atoms with Crippen LogP contribution in [0.4, 0.5) is 5.69 Å². The zero-order chi connectivity index (χ0) is 21.7. The number of anilines is 1. The van der Waals surface area contributed by atoms with E-state index in [1.54, 1.807) is 55.1 Å². The van der Waals surface area contributed by atoms with Crippen molar-refractivity contribution in [2.45, 2.75) is 18.5 Å². The molecule has 2 aromatic carbocycles. The van der Waals surface area contributed by atoms with Gasteiger partial charge in [-0.15, -0.1) is 10.2 Å². The molecule has 1 aromatic heterocycles. The Labute approximate surface area is 183 Å². The van der Waals surface area contributed by atoms with E-state index in [2.05, 4.69) is 15.5 Å². The molecule has 7 nitrogen and oxygen atoms in total. The summed E-state index contributed by atoms with van der Waals surface area (Å²) in [4.78, 5) is 24.8. The maximum absolute atomic E-state index is 12.4. The fourth-order valence-electron chi connectivity index (χ4n) is 2.65. The molecule has 156 valence electrons. The minimum atomic E-state index is -0.227. The molecule has 1 heterocycles. The molecule has 0 aliphatic heterocycles. The summed E-state index contributed by atoms with van der Waals surface area (Å²) in [6, 6.07) is 12.3. The first-order valence-corrected chi connectivity index (χ1v) is 10.5. The number of halogens is 1. The van der Waals surface area contributed by atoms with Crippen LogP contribution in [0.2, 0.25) is 5.02 Å². The van der Waals surface area contributed by atoms with Crippen LogP contribution in [-0.4, -0.2) is 39.3 Å². The summed E-state index contributed by atoms with van der Waals surface area (Å²) < 4.78 is 6.86. The lowest BCUT2D eigenvalue weighted by atomic mass is 10.1. The van der Waals surface area contributed by atoms with Gasteiger partial charge in [-0.1, -0.05) is 41.6 Å². The quantitative estimate of drug-likeness (QED) is 0.418. The molecule has 0 atom stereocenters. The van der Waals surface area contributed by atoms with E-state index in [0.29, 0.717) is 33.0 Å². The fraction of sp³-hybridized carbons (Fsp3) is 0.238. The second-order valence-corrected chi connectivity index (χ2v) is 7.94. The van der Waals surface area contributed by atoms with Gasteiger partial charge < -0.3 is 14.6 Å². The van der Waals surface area contributed by atoms with Gasteiger partial charge in [0.1, 0.15) is 11.6 Å². The third kappa shape index (κ3) is 5.40. The first-order chi connectivity index (χ1) is 14.4. The van der Waals surface area contributed by atoms with Crippen LogP contribution in [0.25, 0.3) is 0 Å². The van der Waals surface area contributed by atoms with E-state index >= 15 is 0 Å². The number of ether oxygens (including phenoxy) is 1. The van der Waals surface area contributed by atoms with Gasteiger partial charge in [0, 0.05) is 23.3 Å². The Hall–Kier alpha value is -2.84. The van der Waals surface area contributed by atoms with E-state index in [0.717, 1.165) is 5.56 Å². The number of methoxy groups -OCH3 is 1. The Kier molecular flexibility index (Phi) is 7.12. The van der Waals surface area contributed by atoms with E-state index < -0.39 is 0 Å². The molecule has 0 unspecified atom stereocenters. The van der Waals surface area contributed by atoms with Crippen molar-refractivity contribution in [1.82, 2.24) is 14.8 Å². The first kappa shape index (κ1) is 21.9. The van der Waals surface area contributed by atoms with Crippen molar-refractivity contribution in [1.29, 1.82) is 0 Å². The maximum atomic E-state index is 12.4. The zero-order valence-corrected chi connectivity index (χ0v) is 18.4. The molecule has 0 spiro atoms. The van der Waals surface area contributed by atoms with Crippen molar-refractivity contribution in [2.24, 2.45) is 7.05 Å². The van der Waals surface area contributed by atoms with Crippen LogP contribution in [-0.2, 0) is 18.3 Å². The van der Waals surface area contributed by atoms with Gasteiger partial charge in [-0.05, 0) is 36.8 Å². The monoisotopic (exact) mass is 444 g/mol. The van der Waals surface area contributed by atoms with Crippen LogP contribution in [0.5, 0.6) is 5.75 Å². The standard InChI is InChI=1S/C21H21ClN4O3S/c1-13-7-8-15(10-17(13)22)23-20(28)11-19-24-25-21(26(19)2)30-12-18(27)14-5-4-6-16(9-14)29-3/h4-10H,11-12H2,1-3H3,(H,23,28). The number of thioether (sulfide) groups is 1. The molecule has 0 fully saturated rings. The molecule has 3 rings (SSSR count). The van der Waals surface area contributed by atoms with E-state index in [4.69, 9.17) is 16.3 Å². The van der Waals surface area contributed by atoms with Gasteiger partial charge in [-0.25, -0.2) is 0 Å². The second kappa shape index (κ2) is 9.77. The molecule has 0 bridgehead atoms. The highest BCUT2D eigenvalue weighted by atomic mass is 35.5. The van der Waals surface area contributed by atoms with E-state index in [1.165, 1.54) is 11.8 Å². The Morgan fingerprint density at radius 1 is 1.20 bits per heavy atom. The molecule has 1 amide bonds. The number of hydrogen-bond acceptors (Lipinski definition) is 6. The highest BCUT2D eigenvalue weighted by Crippen LogP contribution is 2.21. The van der Waals surface area contributed by atoms with Crippen molar-refractivity contribution in [3.63, 3.8) is 0 Å². The number of amides is 1. The summed E-state index contributed by atoms with van der Waals surface area (Å²) in [5.74, 6) is 1.06. The molecule has 30 heavy (non-hydrogen) atoms. The number of aryl methyl sites for hydroxylation is 1. The summed E-state index contributed by atoms with van der Waals surface area (Å²) >= 11 is 7.36. The molecule has 0 radical (unpaired) electrons. The lowest BCUT2D eigenvalue weighted by Gasteiger charge is -2.07. The van der Waals surface area contributed by atoms with Crippen molar-refractivity contribution in [3.05, 3.63) is 64.4 Å². The number of aromatic nitrogens is 3. The summed E-state index contributed by atoms with van der Waals surface area (Å²) in [5, 5.41) is 12.1. The van der Waals surface area contributed by atoms with Gasteiger partial charge >= 0.3 is 0 Å². The Morgan fingerprint density at radius 2 is 2.00 bits per heavy atom. The fourth-order valence-corrected chi connectivity index (χ4v) is 3.66. The third-order valence-electron chi connectivity index (χ3n) is 4.42. The largest absolute Gasteiger partial charge is 0.497 e. The van der Waals surface area contributed by atoms with Gasteiger partial charge in [-0.3, -0.25) is 9.59 Å². The number of ketones is 1. The SMILES string of the molecule is COc1cccc(C(=O)CSc2nnc(CC(=O)Nc3ccc(C)c(Cl)c3)n2C)c1. The molecular formula is C21H21ClN4O3S. The highest BCUT2D eigenvalue weighted by Gasteiger charge is 2.15. The predicted octanol–water partition coefficient (Wildman–Crippen LogP) is 3.94. The zero-order valence-electron chi connectivity index (χ0n) is 16.8. The number of hydrogen-bond donors (Lipinski definition) is 1. The molecule has 9 heteroatoms. The Balaban J connectivity index is 1.59. The summed E-state index contributed by atoms with van der Waals surface area (Å²) in [6.07, 6.45) is 0.0549. The molecule has 1 N–H and O–H groups in total. The number of carbonyl (C=O) groups is 2. The van der Waals surface area contributed by atoms with E-state index in [1.807, 2.05) is 13.0 Å². The molecule has 0 aliphatic rings. The van der Waals surface area contributed by atoms with Crippen molar-refractivity contribution >= 4 is 40.7 Å². The lowest BCUT2D eigenvalue weighted by molar-refractivity contribution is -0.115. The molecule has 0 saturated carbocycles.